The Bertz CT molecular complexity index is 194. The van der Waals surface area contributed by atoms with Gasteiger partial charge in [0, 0.05) is 31.7 Å². The summed E-state index contributed by atoms with van der Waals surface area (Å²) in [6.45, 7) is 5.82. The zero-order valence-electron chi connectivity index (χ0n) is 9.78. The Hall–Kier alpha value is -0.120. The first-order valence-corrected chi connectivity index (χ1v) is 6.38. The van der Waals surface area contributed by atoms with E-state index in [1.807, 2.05) is 0 Å². The Morgan fingerprint density at radius 3 is 2.73 bits per heavy atom. The van der Waals surface area contributed by atoms with Gasteiger partial charge in [0.1, 0.15) is 0 Å². The van der Waals surface area contributed by atoms with Crippen LogP contribution in [0.15, 0.2) is 0 Å². The number of rotatable bonds is 4. The van der Waals surface area contributed by atoms with E-state index in [0.717, 1.165) is 18.5 Å². The monoisotopic (exact) mass is 212 g/mol. The van der Waals surface area contributed by atoms with E-state index in [1.165, 1.54) is 38.8 Å². The van der Waals surface area contributed by atoms with Gasteiger partial charge in [-0.1, -0.05) is 13.3 Å². The number of hydrogen-bond donors (Lipinski definition) is 2. The van der Waals surface area contributed by atoms with Crippen molar-refractivity contribution in [2.45, 2.75) is 44.7 Å². The van der Waals surface area contributed by atoms with Crippen molar-refractivity contribution in [1.82, 2.24) is 10.2 Å². The van der Waals surface area contributed by atoms with Gasteiger partial charge in [-0.05, 0) is 25.2 Å². The molecule has 0 amide bonds. The molecular weight excluding hydrogens is 188 g/mol. The van der Waals surface area contributed by atoms with Crippen LogP contribution in [0, 0.1) is 5.92 Å². The molecule has 0 spiro atoms. The second-order valence-electron chi connectivity index (χ2n) is 5.25. The van der Waals surface area contributed by atoms with Gasteiger partial charge in [0.2, 0.25) is 0 Å². The molecule has 3 heteroatoms. The molecule has 1 saturated carbocycles. The lowest BCUT2D eigenvalue weighted by atomic mass is 9.87. The summed E-state index contributed by atoms with van der Waals surface area (Å²) in [7, 11) is 0. The van der Waals surface area contributed by atoms with Crippen LogP contribution < -0.4 is 5.32 Å². The van der Waals surface area contributed by atoms with Gasteiger partial charge in [0.25, 0.3) is 0 Å². The van der Waals surface area contributed by atoms with E-state index < -0.39 is 0 Å². The first-order valence-electron chi connectivity index (χ1n) is 6.38. The Kier molecular flexibility index (Phi) is 4.00. The number of hydrogen-bond acceptors (Lipinski definition) is 3. The standard InChI is InChI=1S/C12H24N2O/c1-10-7-11(13-5-6-15)9-14(8-10)12-3-2-4-12/h10-13,15H,2-9H2,1H3. The number of piperidine rings is 1. The minimum atomic E-state index is 0.258. The molecule has 1 saturated heterocycles. The molecule has 2 N–H and O–H groups in total. The molecule has 2 atom stereocenters. The lowest BCUT2D eigenvalue weighted by molar-refractivity contribution is 0.0623. The van der Waals surface area contributed by atoms with Gasteiger partial charge in [0.15, 0.2) is 0 Å². The largest absolute Gasteiger partial charge is 0.395 e. The van der Waals surface area contributed by atoms with Crippen LogP contribution >= 0.6 is 0 Å². The zero-order chi connectivity index (χ0) is 10.7. The quantitative estimate of drug-likeness (QED) is 0.724. The number of nitrogens with one attached hydrogen (secondary N) is 1. The van der Waals surface area contributed by atoms with Gasteiger partial charge in [-0.15, -0.1) is 0 Å². The first kappa shape index (κ1) is 11.4. The van der Waals surface area contributed by atoms with Crippen LogP contribution in [0.1, 0.15) is 32.6 Å². The number of likely N-dealkylation sites (tertiary alicyclic amines) is 1. The maximum atomic E-state index is 8.82. The van der Waals surface area contributed by atoms with Gasteiger partial charge >= 0.3 is 0 Å². The van der Waals surface area contributed by atoms with Gasteiger partial charge in [-0.3, -0.25) is 4.90 Å². The van der Waals surface area contributed by atoms with E-state index in [4.69, 9.17) is 5.11 Å². The van der Waals surface area contributed by atoms with Crippen molar-refractivity contribution in [1.29, 1.82) is 0 Å². The summed E-state index contributed by atoms with van der Waals surface area (Å²) in [6.07, 6.45) is 5.49. The molecule has 88 valence electrons. The van der Waals surface area contributed by atoms with Crippen molar-refractivity contribution in [2.75, 3.05) is 26.2 Å². The average Bonchev–Trinajstić information content (AvgIpc) is 2.11. The Morgan fingerprint density at radius 1 is 1.33 bits per heavy atom. The van der Waals surface area contributed by atoms with Crippen LogP contribution in [0.4, 0.5) is 0 Å². The van der Waals surface area contributed by atoms with Crippen molar-refractivity contribution >= 4 is 0 Å². The third-order valence-corrected chi connectivity index (χ3v) is 3.82. The highest BCUT2D eigenvalue weighted by Crippen LogP contribution is 2.28. The van der Waals surface area contributed by atoms with Crippen LogP contribution in [-0.4, -0.2) is 48.3 Å². The molecule has 1 heterocycles. The highest BCUT2D eigenvalue weighted by molar-refractivity contribution is 4.88. The molecule has 2 rings (SSSR count). The number of aliphatic hydroxyl groups excluding tert-OH is 1. The predicted molar refractivity (Wildman–Crippen MR) is 61.9 cm³/mol. The molecule has 0 radical (unpaired) electrons. The molecule has 0 bridgehead atoms. The van der Waals surface area contributed by atoms with Crippen LogP contribution in [0.25, 0.3) is 0 Å². The van der Waals surface area contributed by atoms with Gasteiger partial charge in [0.05, 0.1) is 6.61 Å². The number of aliphatic hydroxyl groups is 1. The molecular formula is C12H24N2O. The third kappa shape index (κ3) is 2.92. The van der Waals surface area contributed by atoms with Crippen molar-refractivity contribution in [3.63, 3.8) is 0 Å². The van der Waals surface area contributed by atoms with E-state index in [-0.39, 0.29) is 6.61 Å². The molecule has 0 aromatic carbocycles. The topological polar surface area (TPSA) is 35.5 Å². The summed E-state index contributed by atoms with van der Waals surface area (Å²) < 4.78 is 0. The summed E-state index contributed by atoms with van der Waals surface area (Å²) in [4.78, 5) is 2.66. The Morgan fingerprint density at radius 2 is 2.13 bits per heavy atom. The molecule has 0 aromatic rings. The summed E-state index contributed by atoms with van der Waals surface area (Å²) in [5.74, 6) is 0.801. The predicted octanol–water partition coefficient (Wildman–Crippen LogP) is 0.831. The highest BCUT2D eigenvalue weighted by atomic mass is 16.3. The van der Waals surface area contributed by atoms with Gasteiger partial charge < -0.3 is 10.4 Å². The van der Waals surface area contributed by atoms with E-state index in [2.05, 4.69) is 17.1 Å². The lowest BCUT2D eigenvalue weighted by Gasteiger charge is -2.44. The van der Waals surface area contributed by atoms with Crippen LogP contribution in [0.2, 0.25) is 0 Å². The Balaban J connectivity index is 1.80. The van der Waals surface area contributed by atoms with Gasteiger partial charge in [-0.25, -0.2) is 0 Å². The molecule has 1 aliphatic heterocycles. The summed E-state index contributed by atoms with van der Waals surface area (Å²) >= 11 is 0. The van der Waals surface area contributed by atoms with Crippen molar-refractivity contribution in [2.24, 2.45) is 5.92 Å². The van der Waals surface area contributed by atoms with Crippen LogP contribution in [0.5, 0.6) is 0 Å². The fourth-order valence-corrected chi connectivity index (χ4v) is 2.86. The fraction of sp³-hybridized carbons (Fsp3) is 1.00. The second kappa shape index (κ2) is 5.28. The smallest absolute Gasteiger partial charge is 0.0556 e. The fourth-order valence-electron chi connectivity index (χ4n) is 2.86. The third-order valence-electron chi connectivity index (χ3n) is 3.82. The highest BCUT2D eigenvalue weighted by Gasteiger charge is 2.31. The van der Waals surface area contributed by atoms with E-state index in [9.17, 15) is 0 Å². The van der Waals surface area contributed by atoms with Gasteiger partial charge in [-0.2, -0.15) is 0 Å². The molecule has 2 aliphatic rings. The van der Waals surface area contributed by atoms with Crippen LogP contribution in [0.3, 0.4) is 0 Å². The lowest BCUT2D eigenvalue weighted by Crippen LogP contribution is -2.54. The molecule has 0 aromatic heterocycles. The zero-order valence-corrected chi connectivity index (χ0v) is 9.78. The van der Waals surface area contributed by atoms with Crippen molar-refractivity contribution in [3.05, 3.63) is 0 Å². The summed E-state index contributed by atoms with van der Waals surface area (Å²) in [6, 6.07) is 1.47. The normalized spacial score (nSPS) is 34.0. The van der Waals surface area contributed by atoms with Crippen molar-refractivity contribution < 1.29 is 5.11 Å². The molecule has 2 fully saturated rings. The second-order valence-corrected chi connectivity index (χ2v) is 5.25. The van der Waals surface area contributed by atoms with E-state index >= 15 is 0 Å². The van der Waals surface area contributed by atoms with Crippen molar-refractivity contribution in [3.8, 4) is 0 Å². The minimum absolute atomic E-state index is 0.258. The SMILES string of the molecule is CC1CC(NCCO)CN(C2CCC2)C1. The van der Waals surface area contributed by atoms with E-state index in [0.29, 0.717) is 6.04 Å². The minimum Gasteiger partial charge on any atom is -0.395 e. The molecule has 3 nitrogen and oxygen atoms in total. The maximum Gasteiger partial charge on any atom is 0.0556 e. The average molecular weight is 212 g/mol. The maximum absolute atomic E-state index is 8.82. The number of nitrogens with zero attached hydrogens (tertiary/aromatic N) is 1. The molecule has 15 heavy (non-hydrogen) atoms. The molecule has 1 aliphatic carbocycles. The summed E-state index contributed by atoms with van der Waals surface area (Å²) in [5, 5.41) is 12.3. The molecule has 2 unspecified atom stereocenters. The van der Waals surface area contributed by atoms with Crippen LogP contribution in [-0.2, 0) is 0 Å². The summed E-state index contributed by atoms with van der Waals surface area (Å²) in [5.41, 5.74) is 0. The van der Waals surface area contributed by atoms with E-state index in [1.54, 1.807) is 0 Å². The first-order chi connectivity index (χ1) is 7.29. The Labute approximate surface area is 92.8 Å².